The number of rotatable bonds is 10. The molecule has 2 aromatic rings. The fraction of sp³-hybridized carbons (Fsp3) is 0.600. The smallest absolute Gasteiger partial charge is 0.101 e. The van der Waals surface area contributed by atoms with Crippen molar-refractivity contribution in [2.24, 2.45) is 11.8 Å². The zero-order valence-electron chi connectivity index (χ0n) is 23.3. The summed E-state index contributed by atoms with van der Waals surface area (Å²) in [7, 11) is 0. The van der Waals surface area contributed by atoms with Crippen LogP contribution in [0.4, 0.5) is 0 Å². The van der Waals surface area contributed by atoms with Gasteiger partial charge in [-0.1, -0.05) is 95.2 Å². The van der Waals surface area contributed by atoms with Crippen LogP contribution in [0, 0.1) is 34.5 Å². The number of unbranched alkanes of at least 4 members (excludes halogenated alkanes) is 3. The summed E-state index contributed by atoms with van der Waals surface area (Å²) in [6.07, 6.45) is 19.5. The number of hydrogen-bond acceptors (Lipinski definition) is 2. The van der Waals surface area contributed by atoms with E-state index < -0.39 is 0 Å². The van der Waals surface area contributed by atoms with Crippen molar-refractivity contribution in [1.29, 1.82) is 10.5 Å². The fourth-order valence-electron chi connectivity index (χ4n) is 7.09. The van der Waals surface area contributed by atoms with E-state index in [1.165, 1.54) is 89.0 Å². The Bertz CT molecular complexity index is 1070. The van der Waals surface area contributed by atoms with Crippen molar-refractivity contribution in [2.45, 2.75) is 122 Å². The predicted octanol–water partition coefficient (Wildman–Crippen LogP) is 10.4. The number of nitriles is 2. The molecule has 2 aromatic carbocycles. The van der Waals surface area contributed by atoms with Crippen molar-refractivity contribution in [3.05, 3.63) is 58.7 Å². The average molecular weight is 495 g/mol. The van der Waals surface area contributed by atoms with E-state index in [2.05, 4.69) is 62.4 Å². The van der Waals surface area contributed by atoms with Crippen LogP contribution in [0.15, 0.2) is 36.4 Å². The maximum atomic E-state index is 10.1. The number of benzene rings is 2. The molecule has 2 nitrogen and oxygen atoms in total. The van der Waals surface area contributed by atoms with Gasteiger partial charge in [0.2, 0.25) is 0 Å². The normalized spacial score (nSPS) is 23.8. The third-order valence-electron chi connectivity index (χ3n) is 9.47. The zero-order valence-corrected chi connectivity index (χ0v) is 23.3. The SMILES string of the molecule is CCCCC[C@H]1CC[C@H](c2ccc(-c3ccc([C@H]4CC[C@H](CCCC)CC4)c(C#N)c3C#N)cc2)CC1. The molecule has 37 heavy (non-hydrogen) atoms. The second kappa shape index (κ2) is 13.8. The first kappa shape index (κ1) is 27.5. The van der Waals surface area contributed by atoms with Crippen LogP contribution in [0.2, 0.25) is 0 Å². The Morgan fingerprint density at radius 3 is 1.76 bits per heavy atom. The van der Waals surface area contributed by atoms with Crippen LogP contribution < -0.4 is 0 Å². The van der Waals surface area contributed by atoms with E-state index in [1.807, 2.05) is 0 Å². The molecule has 0 aromatic heterocycles. The zero-order chi connectivity index (χ0) is 26.0. The summed E-state index contributed by atoms with van der Waals surface area (Å²) >= 11 is 0. The first-order chi connectivity index (χ1) is 18.2. The molecule has 0 bridgehead atoms. The maximum Gasteiger partial charge on any atom is 0.101 e. The first-order valence-electron chi connectivity index (χ1n) is 15.3. The molecule has 0 atom stereocenters. The van der Waals surface area contributed by atoms with Crippen molar-refractivity contribution in [3.63, 3.8) is 0 Å². The average Bonchev–Trinajstić information content (AvgIpc) is 2.96. The van der Waals surface area contributed by atoms with Gasteiger partial charge < -0.3 is 0 Å². The summed E-state index contributed by atoms with van der Waals surface area (Å²) in [6.45, 7) is 4.55. The van der Waals surface area contributed by atoms with Crippen molar-refractivity contribution in [3.8, 4) is 23.3 Å². The second-order valence-corrected chi connectivity index (χ2v) is 11.9. The van der Waals surface area contributed by atoms with Crippen LogP contribution >= 0.6 is 0 Å². The van der Waals surface area contributed by atoms with Gasteiger partial charge in [0.25, 0.3) is 0 Å². The molecule has 196 valence electrons. The lowest BCUT2D eigenvalue weighted by Crippen LogP contribution is -2.15. The highest BCUT2D eigenvalue weighted by atomic mass is 14.3. The standard InChI is InChI=1S/C35H46N2/c1-3-5-7-9-27-10-14-28(15-11-27)29-18-20-31(21-19-29)33-23-22-32(34(24-36)35(33)25-37)30-16-12-26(13-17-30)8-6-4-2/h18-23,26-28,30H,3-17H2,1-2H3/t26-,27-,28-,30-. The second-order valence-electron chi connectivity index (χ2n) is 11.9. The molecule has 4 rings (SSSR count). The molecule has 0 unspecified atom stereocenters. The molecule has 0 saturated heterocycles. The Morgan fingerprint density at radius 1 is 0.622 bits per heavy atom. The third-order valence-corrected chi connectivity index (χ3v) is 9.47. The third kappa shape index (κ3) is 6.85. The van der Waals surface area contributed by atoms with Crippen molar-refractivity contribution < 1.29 is 0 Å². The van der Waals surface area contributed by atoms with E-state index in [-0.39, 0.29) is 0 Å². The minimum Gasteiger partial charge on any atom is -0.192 e. The monoisotopic (exact) mass is 494 g/mol. The van der Waals surface area contributed by atoms with Crippen LogP contribution in [0.1, 0.15) is 144 Å². The molecule has 0 amide bonds. The molecule has 0 heterocycles. The molecular weight excluding hydrogens is 448 g/mol. The molecule has 2 fully saturated rings. The highest BCUT2D eigenvalue weighted by Gasteiger charge is 2.26. The van der Waals surface area contributed by atoms with Gasteiger partial charge in [-0.05, 0) is 91.7 Å². The van der Waals surface area contributed by atoms with Crippen LogP contribution in [-0.2, 0) is 0 Å². The van der Waals surface area contributed by atoms with Gasteiger partial charge in [0.1, 0.15) is 12.1 Å². The summed E-state index contributed by atoms with van der Waals surface area (Å²) in [4.78, 5) is 0. The Kier molecular flexibility index (Phi) is 10.3. The van der Waals surface area contributed by atoms with E-state index >= 15 is 0 Å². The molecule has 0 N–H and O–H groups in total. The van der Waals surface area contributed by atoms with Gasteiger partial charge in [0.05, 0.1) is 11.1 Å². The molecule has 0 radical (unpaired) electrons. The Morgan fingerprint density at radius 2 is 1.19 bits per heavy atom. The highest BCUT2D eigenvalue weighted by molar-refractivity contribution is 5.75. The molecule has 0 spiro atoms. The van der Waals surface area contributed by atoms with Gasteiger partial charge >= 0.3 is 0 Å². The first-order valence-corrected chi connectivity index (χ1v) is 15.3. The Hall–Kier alpha value is -2.58. The summed E-state index contributed by atoms with van der Waals surface area (Å²) in [5.41, 5.74) is 5.68. The van der Waals surface area contributed by atoms with E-state index in [1.54, 1.807) is 0 Å². The lowest BCUT2D eigenvalue weighted by molar-refractivity contribution is 0.303. The molecule has 2 saturated carbocycles. The Labute approximate surface area is 226 Å². The summed E-state index contributed by atoms with van der Waals surface area (Å²) in [5.74, 6) is 2.84. The van der Waals surface area contributed by atoms with Gasteiger partial charge in [0.15, 0.2) is 0 Å². The van der Waals surface area contributed by atoms with Crippen molar-refractivity contribution in [2.75, 3.05) is 0 Å². The lowest BCUT2D eigenvalue weighted by atomic mass is 9.75. The predicted molar refractivity (Wildman–Crippen MR) is 154 cm³/mol. The quantitative estimate of drug-likeness (QED) is 0.308. The maximum absolute atomic E-state index is 10.1. The van der Waals surface area contributed by atoms with Gasteiger partial charge in [-0.15, -0.1) is 0 Å². The Balaban J connectivity index is 1.44. The summed E-state index contributed by atoms with van der Waals surface area (Å²) in [5, 5.41) is 20.2. The lowest BCUT2D eigenvalue weighted by Gasteiger charge is -2.30. The minimum absolute atomic E-state index is 0.410. The minimum atomic E-state index is 0.410. The van der Waals surface area contributed by atoms with Gasteiger partial charge in [0, 0.05) is 5.56 Å². The topological polar surface area (TPSA) is 47.6 Å². The van der Waals surface area contributed by atoms with E-state index in [9.17, 15) is 10.5 Å². The van der Waals surface area contributed by atoms with E-state index in [0.29, 0.717) is 23.0 Å². The van der Waals surface area contributed by atoms with Crippen molar-refractivity contribution in [1.82, 2.24) is 0 Å². The molecule has 2 aliphatic rings. The van der Waals surface area contributed by atoms with Crippen molar-refractivity contribution >= 4 is 0 Å². The number of nitrogens with zero attached hydrogens (tertiary/aromatic N) is 2. The summed E-state index contributed by atoms with van der Waals surface area (Å²) < 4.78 is 0. The van der Waals surface area contributed by atoms with Crippen LogP contribution in [0.5, 0.6) is 0 Å². The summed E-state index contributed by atoms with van der Waals surface area (Å²) in [6, 6.07) is 18.0. The molecule has 0 aliphatic heterocycles. The van der Waals surface area contributed by atoms with E-state index in [4.69, 9.17) is 0 Å². The van der Waals surface area contributed by atoms with E-state index in [0.717, 1.165) is 41.4 Å². The van der Waals surface area contributed by atoms with Gasteiger partial charge in [-0.25, -0.2) is 0 Å². The largest absolute Gasteiger partial charge is 0.192 e. The van der Waals surface area contributed by atoms with Crippen LogP contribution in [-0.4, -0.2) is 0 Å². The highest BCUT2D eigenvalue weighted by Crippen LogP contribution is 2.42. The molecular formula is C35H46N2. The van der Waals surface area contributed by atoms with Gasteiger partial charge in [-0.2, -0.15) is 10.5 Å². The number of hydrogen-bond donors (Lipinski definition) is 0. The fourth-order valence-corrected chi connectivity index (χ4v) is 7.09. The molecule has 2 heteroatoms. The molecule has 2 aliphatic carbocycles. The van der Waals surface area contributed by atoms with Gasteiger partial charge in [-0.3, -0.25) is 0 Å². The van der Waals surface area contributed by atoms with Crippen LogP contribution in [0.3, 0.4) is 0 Å². The van der Waals surface area contributed by atoms with Crippen LogP contribution in [0.25, 0.3) is 11.1 Å².